The monoisotopic (exact) mass is 873 g/mol. The Labute approximate surface area is 367 Å². The second-order valence-electron chi connectivity index (χ2n) is 15.7. The highest BCUT2D eigenvalue weighted by molar-refractivity contribution is 7.99. The maximum Gasteiger partial charge on any atom is 0.293 e. The van der Waals surface area contributed by atoms with Crippen LogP contribution in [-0.2, 0) is 25.9 Å². The summed E-state index contributed by atoms with van der Waals surface area (Å²) in [6.45, 7) is 5.36. The van der Waals surface area contributed by atoms with E-state index in [1.165, 1.54) is 35.2 Å². The third-order valence-corrected chi connectivity index (χ3v) is 14.4. The molecule has 2 N–H and O–H groups in total. The van der Waals surface area contributed by atoms with Gasteiger partial charge >= 0.3 is 0 Å². The number of nitrogens with one attached hydrogen (secondary N) is 2. The fourth-order valence-electron chi connectivity index (χ4n) is 8.30. The Bertz CT molecular complexity index is 2570. The van der Waals surface area contributed by atoms with Crippen molar-refractivity contribution >= 4 is 55.6 Å². The van der Waals surface area contributed by atoms with Crippen LogP contribution in [0.2, 0.25) is 0 Å². The molecule has 0 amide bonds. The Morgan fingerprint density at radius 3 is 2.35 bits per heavy atom. The van der Waals surface area contributed by atoms with Crippen LogP contribution in [0.25, 0.3) is 22.0 Å². The van der Waals surface area contributed by atoms with Crippen LogP contribution in [0.4, 0.5) is 22.9 Å². The fraction of sp³-hybridized carbons (Fsp3) is 0.319. The van der Waals surface area contributed by atoms with Gasteiger partial charge in [-0.3, -0.25) is 19.7 Å². The summed E-state index contributed by atoms with van der Waals surface area (Å²) in [4.78, 5) is 26.2. The summed E-state index contributed by atoms with van der Waals surface area (Å²) in [5.41, 5.74) is 4.80. The molecular weight excluding hydrogens is 823 g/mol. The van der Waals surface area contributed by atoms with Crippen LogP contribution in [0.15, 0.2) is 137 Å². The lowest BCUT2D eigenvalue weighted by Crippen LogP contribution is -2.47. The molecule has 0 bridgehead atoms. The van der Waals surface area contributed by atoms with Gasteiger partial charge in [0.15, 0.2) is 5.82 Å². The lowest BCUT2D eigenvalue weighted by Gasteiger charge is -2.42. The van der Waals surface area contributed by atoms with E-state index in [4.69, 9.17) is 9.47 Å². The number of thioether (sulfide) groups is 1. The molecule has 0 saturated carbocycles. The molecule has 0 radical (unpaired) electrons. The molecule has 13 nitrogen and oxygen atoms in total. The second-order valence-corrected chi connectivity index (χ2v) is 18.5. The van der Waals surface area contributed by atoms with Gasteiger partial charge in [0.1, 0.15) is 12.0 Å². The molecule has 0 aliphatic carbocycles. The first-order valence-electron chi connectivity index (χ1n) is 20.9. The molecule has 15 heteroatoms. The lowest BCUT2D eigenvalue weighted by molar-refractivity contribution is -0.384. The van der Waals surface area contributed by atoms with E-state index in [0.717, 1.165) is 75.1 Å². The first kappa shape index (κ1) is 43.1. The Morgan fingerprint density at radius 2 is 1.61 bits per heavy atom. The number of anilines is 3. The van der Waals surface area contributed by atoms with Crippen LogP contribution >= 0.6 is 11.8 Å². The summed E-state index contributed by atoms with van der Waals surface area (Å²) >= 11 is 1.67. The van der Waals surface area contributed by atoms with Crippen LogP contribution in [0.5, 0.6) is 0 Å². The highest BCUT2D eigenvalue weighted by Crippen LogP contribution is 2.37. The number of nitro groups is 1. The average molecular weight is 874 g/mol. The van der Waals surface area contributed by atoms with Gasteiger partial charge in [0, 0.05) is 80.1 Å². The molecule has 322 valence electrons. The number of nitro benzene ring substituents is 1. The summed E-state index contributed by atoms with van der Waals surface area (Å²) in [5, 5.41) is 16.3. The van der Waals surface area contributed by atoms with E-state index < -0.39 is 14.9 Å². The number of methoxy groups -OCH3 is 1. The lowest BCUT2D eigenvalue weighted by atomic mass is 9.82. The SMILES string of the molecule is COC1(Cc2ccccc2-c2ccccc2)CCN(c2ccc3c(NS(=O)(=O)c4ccc(NC(CCN5CCOCC5)CSc5ccccc5)c([N+](=O)[O-])c4)ncnc3c2)CC1. The van der Waals surface area contributed by atoms with Crippen molar-refractivity contribution in [2.45, 2.75) is 47.1 Å². The predicted octanol–water partition coefficient (Wildman–Crippen LogP) is 8.53. The molecule has 2 aliphatic rings. The molecule has 2 fully saturated rings. The minimum atomic E-state index is -4.29. The Kier molecular flexibility index (Phi) is 13.6. The second kappa shape index (κ2) is 19.6. The number of nitrogens with zero attached hydrogens (tertiary/aromatic N) is 5. The van der Waals surface area contributed by atoms with Gasteiger partial charge in [-0.25, -0.2) is 18.4 Å². The number of hydrogen-bond acceptors (Lipinski definition) is 12. The van der Waals surface area contributed by atoms with Gasteiger partial charge in [-0.05, 0) is 78.4 Å². The number of morpholine rings is 1. The third-order valence-electron chi connectivity index (χ3n) is 11.9. The van der Waals surface area contributed by atoms with Gasteiger partial charge in [-0.1, -0.05) is 72.8 Å². The zero-order chi connectivity index (χ0) is 42.9. The molecule has 5 aromatic carbocycles. The standard InChI is InChI=1S/C47H51N7O6S2/c1-59-47(32-36-12-8-9-15-41(36)35-10-4-2-5-11-35)21-24-53(25-22-47)38-16-18-42-44(30-38)48-34-49-46(42)51-62(57,58)40-17-19-43(45(31-40)54(55)56)50-37(20-23-52-26-28-60-29-27-52)33-61-39-13-6-3-7-14-39/h2-19,30-31,34,37,50H,20-29,32-33H2,1H3,(H,48,49,51). The summed E-state index contributed by atoms with van der Waals surface area (Å²) < 4.78 is 42.1. The van der Waals surface area contributed by atoms with Crippen molar-refractivity contribution in [2.75, 3.05) is 73.7 Å². The number of fused-ring (bicyclic) bond motifs is 1. The van der Waals surface area contributed by atoms with E-state index in [1.54, 1.807) is 18.9 Å². The highest BCUT2D eigenvalue weighted by Gasteiger charge is 2.36. The van der Waals surface area contributed by atoms with E-state index >= 15 is 0 Å². The first-order chi connectivity index (χ1) is 30.2. The molecule has 6 aromatic rings. The number of hydrogen-bond donors (Lipinski definition) is 2. The molecule has 0 spiro atoms. The van der Waals surface area contributed by atoms with Crippen molar-refractivity contribution in [2.24, 2.45) is 0 Å². The highest BCUT2D eigenvalue weighted by atomic mass is 32.2. The molecule has 8 rings (SSSR count). The molecule has 1 unspecified atom stereocenters. The van der Waals surface area contributed by atoms with Crippen molar-refractivity contribution < 1.29 is 22.8 Å². The van der Waals surface area contributed by atoms with Gasteiger partial charge in [-0.15, -0.1) is 11.8 Å². The van der Waals surface area contributed by atoms with Crippen molar-refractivity contribution in [1.29, 1.82) is 0 Å². The number of benzene rings is 5. The van der Waals surface area contributed by atoms with Gasteiger partial charge in [0.05, 0.1) is 34.2 Å². The smallest absolute Gasteiger partial charge is 0.293 e. The third kappa shape index (κ3) is 10.4. The number of piperidine rings is 1. The van der Waals surface area contributed by atoms with Crippen LogP contribution in [0, 0.1) is 10.1 Å². The molecular formula is C47H51N7O6S2. The van der Waals surface area contributed by atoms with Gasteiger partial charge in [-0.2, -0.15) is 0 Å². The molecule has 2 saturated heterocycles. The van der Waals surface area contributed by atoms with Crippen LogP contribution in [0.1, 0.15) is 24.8 Å². The zero-order valence-electron chi connectivity index (χ0n) is 34.7. The average Bonchev–Trinajstić information content (AvgIpc) is 3.31. The fourth-order valence-corrected chi connectivity index (χ4v) is 10.3. The summed E-state index contributed by atoms with van der Waals surface area (Å²) in [6, 6.07) is 38.5. The maximum atomic E-state index is 13.9. The predicted molar refractivity (Wildman–Crippen MR) is 247 cm³/mol. The summed E-state index contributed by atoms with van der Waals surface area (Å²) in [5.74, 6) is 0.743. The topological polar surface area (TPSA) is 152 Å². The van der Waals surface area contributed by atoms with Crippen LogP contribution in [-0.4, -0.2) is 98.7 Å². The van der Waals surface area contributed by atoms with Crippen LogP contribution < -0.4 is 14.9 Å². The number of rotatable bonds is 17. The maximum absolute atomic E-state index is 13.9. The van der Waals surface area contributed by atoms with E-state index in [2.05, 4.69) is 78.3 Å². The van der Waals surface area contributed by atoms with E-state index in [-0.39, 0.29) is 33.7 Å². The first-order valence-corrected chi connectivity index (χ1v) is 23.4. The van der Waals surface area contributed by atoms with Crippen LogP contribution in [0.3, 0.4) is 0 Å². The Balaban J connectivity index is 0.954. The Morgan fingerprint density at radius 1 is 0.887 bits per heavy atom. The number of sulfonamides is 1. The number of aromatic nitrogens is 2. The minimum Gasteiger partial charge on any atom is -0.379 e. The normalized spacial score (nSPS) is 16.2. The summed E-state index contributed by atoms with van der Waals surface area (Å²) in [7, 11) is -2.49. The van der Waals surface area contributed by atoms with E-state index in [0.29, 0.717) is 29.9 Å². The van der Waals surface area contributed by atoms with E-state index in [1.807, 2.05) is 54.6 Å². The largest absolute Gasteiger partial charge is 0.379 e. The van der Waals surface area contributed by atoms with Crippen molar-refractivity contribution in [1.82, 2.24) is 14.9 Å². The van der Waals surface area contributed by atoms with Gasteiger partial charge < -0.3 is 19.7 Å². The zero-order valence-corrected chi connectivity index (χ0v) is 36.3. The Hall–Kier alpha value is -5.58. The van der Waals surface area contributed by atoms with Gasteiger partial charge in [0.2, 0.25) is 0 Å². The summed E-state index contributed by atoms with van der Waals surface area (Å²) in [6.07, 6.45) is 4.49. The quantitative estimate of drug-likeness (QED) is 0.0514. The van der Waals surface area contributed by atoms with Gasteiger partial charge in [0.25, 0.3) is 15.7 Å². The molecule has 2 aliphatic heterocycles. The number of ether oxygens (including phenoxy) is 2. The molecule has 62 heavy (non-hydrogen) atoms. The van der Waals surface area contributed by atoms with Crippen molar-refractivity contribution in [3.05, 3.63) is 143 Å². The minimum absolute atomic E-state index is 0.0849. The van der Waals surface area contributed by atoms with Crippen molar-refractivity contribution in [3.8, 4) is 11.1 Å². The van der Waals surface area contributed by atoms with Crippen molar-refractivity contribution in [3.63, 3.8) is 0 Å². The molecule has 1 atom stereocenters. The van der Waals surface area contributed by atoms with E-state index in [9.17, 15) is 18.5 Å². The molecule has 3 heterocycles. The molecule has 1 aromatic heterocycles.